The molecule has 1 saturated carbocycles. The van der Waals surface area contributed by atoms with E-state index in [-0.39, 0.29) is 0 Å². The highest BCUT2D eigenvalue weighted by Crippen LogP contribution is 2.36. The molecule has 1 aromatic carbocycles. The fourth-order valence-electron chi connectivity index (χ4n) is 4.57. The van der Waals surface area contributed by atoms with Crippen molar-refractivity contribution in [2.45, 2.75) is 78.3 Å². The third-order valence-electron chi connectivity index (χ3n) is 5.70. The highest BCUT2D eigenvalue weighted by molar-refractivity contribution is 6.69. The predicted octanol–water partition coefficient (Wildman–Crippen LogP) is 5.53. The smallest absolute Gasteiger partial charge is 0.168 e. The zero-order chi connectivity index (χ0) is 17.9. The average molecular weight is 354 g/mol. The fraction of sp³-hybridized carbons (Fsp3) is 0.565. The summed E-state index contributed by atoms with van der Waals surface area (Å²) >= 11 is 0. The second kappa shape index (κ2) is 7.95. The van der Waals surface area contributed by atoms with Gasteiger partial charge in [0.05, 0.1) is 0 Å². The lowest BCUT2D eigenvalue weighted by Crippen LogP contribution is -2.51. The van der Waals surface area contributed by atoms with Crippen molar-refractivity contribution in [1.29, 1.82) is 0 Å². The van der Waals surface area contributed by atoms with Crippen LogP contribution in [0.25, 0.3) is 0 Å². The van der Waals surface area contributed by atoms with Crippen molar-refractivity contribution in [1.82, 2.24) is 4.57 Å². The van der Waals surface area contributed by atoms with Gasteiger partial charge in [0.1, 0.15) is 0 Å². The SMILES string of the molecule is C[SiH](c1ccccc1)N(C1=C(CC(C)(C)C)C=CC1)C1CCCCC1. The Labute approximate surface area is 156 Å². The van der Waals surface area contributed by atoms with Crippen molar-refractivity contribution in [3.05, 3.63) is 53.8 Å². The van der Waals surface area contributed by atoms with E-state index in [0.717, 1.165) is 12.5 Å². The second-order valence-corrected chi connectivity index (χ2v) is 11.7. The summed E-state index contributed by atoms with van der Waals surface area (Å²) in [7, 11) is -1.17. The summed E-state index contributed by atoms with van der Waals surface area (Å²) in [5, 5.41) is 1.59. The summed E-state index contributed by atoms with van der Waals surface area (Å²) in [5.41, 5.74) is 3.61. The molecule has 1 nitrogen and oxygen atoms in total. The first-order valence-electron chi connectivity index (χ1n) is 10.2. The van der Waals surface area contributed by atoms with Crippen LogP contribution < -0.4 is 5.19 Å². The zero-order valence-electron chi connectivity index (χ0n) is 16.6. The number of allylic oxidation sites excluding steroid dienone is 3. The van der Waals surface area contributed by atoms with Crippen LogP contribution in [0.1, 0.15) is 65.7 Å². The molecule has 1 atom stereocenters. The quantitative estimate of drug-likeness (QED) is 0.629. The first kappa shape index (κ1) is 18.5. The Morgan fingerprint density at radius 3 is 2.36 bits per heavy atom. The molecule has 2 aliphatic carbocycles. The molecule has 3 rings (SSSR count). The molecule has 0 bridgehead atoms. The van der Waals surface area contributed by atoms with Gasteiger partial charge in [-0.15, -0.1) is 0 Å². The standard InChI is InChI=1S/C23H35NSi/c1-23(2,3)18-19-12-11-17-22(19)24(20-13-7-5-8-14-20)25(4)21-15-9-6-10-16-21/h6,9-12,15-16,20,25H,5,7-8,13-14,17-18H2,1-4H3. The lowest BCUT2D eigenvalue weighted by molar-refractivity contribution is 0.288. The third-order valence-corrected chi connectivity index (χ3v) is 8.62. The Kier molecular flexibility index (Phi) is 5.88. The first-order valence-corrected chi connectivity index (χ1v) is 12.4. The van der Waals surface area contributed by atoms with Gasteiger partial charge in [0.2, 0.25) is 0 Å². The van der Waals surface area contributed by atoms with Crippen LogP contribution in [0.4, 0.5) is 0 Å². The Morgan fingerprint density at radius 2 is 1.72 bits per heavy atom. The largest absolute Gasteiger partial charge is 0.396 e. The van der Waals surface area contributed by atoms with Gasteiger partial charge in [-0.2, -0.15) is 0 Å². The molecule has 0 radical (unpaired) electrons. The lowest BCUT2D eigenvalue weighted by Gasteiger charge is -2.42. The van der Waals surface area contributed by atoms with E-state index >= 15 is 0 Å². The lowest BCUT2D eigenvalue weighted by atomic mass is 9.87. The van der Waals surface area contributed by atoms with Gasteiger partial charge in [0.15, 0.2) is 8.96 Å². The van der Waals surface area contributed by atoms with Gasteiger partial charge in [-0.05, 0) is 35.4 Å². The van der Waals surface area contributed by atoms with Gasteiger partial charge in [-0.25, -0.2) is 0 Å². The summed E-state index contributed by atoms with van der Waals surface area (Å²) in [4.78, 5) is 0. The number of rotatable bonds is 5. The highest BCUT2D eigenvalue weighted by Gasteiger charge is 2.31. The summed E-state index contributed by atoms with van der Waals surface area (Å²) in [5.74, 6) is 0. The summed E-state index contributed by atoms with van der Waals surface area (Å²) < 4.78 is 2.94. The molecule has 2 aliphatic rings. The molecular formula is C23H35NSi. The Hall–Kier alpha value is -1.28. The number of benzene rings is 1. The second-order valence-electron chi connectivity index (χ2n) is 9.10. The van der Waals surface area contributed by atoms with Crippen LogP contribution in [0, 0.1) is 5.41 Å². The van der Waals surface area contributed by atoms with Crippen molar-refractivity contribution in [3.8, 4) is 0 Å². The van der Waals surface area contributed by atoms with E-state index in [1.807, 2.05) is 0 Å². The van der Waals surface area contributed by atoms with Crippen LogP contribution in [0.2, 0.25) is 6.55 Å². The van der Waals surface area contributed by atoms with Gasteiger partial charge in [-0.3, -0.25) is 0 Å². The van der Waals surface area contributed by atoms with Crippen LogP contribution >= 0.6 is 0 Å². The van der Waals surface area contributed by atoms with Crippen molar-refractivity contribution in [2.24, 2.45) is 5.41 Å². The van der Waals surface area contributed by atoms with E-state index in [1.165, 1.54) is 38.5 Å². The van der Waals surface area contributed by atoms with Crippen molar-refractivity contribution in [3.63, 3.8) is 0 Å². The van der Waals surface area contributed by atoms with Crippen LogP contribution in [0.5, 0.6) is 0 Å². The average Bonchev–Trinajstić information content (AvgIpc) is 3.03. The van der Waals surface area contributed by atoms with Crippen LogP contribution in [0.15, 0.2) is 53.8 Å². The fourth-order valence-corrected chi connectivity index (χ4v) is 7.34. The normalized spacial score (nSPS) is 20.2. The van der Waals surface area contributed by atoms with E-state index in [4.69, 9.17) is 0 Å². The van der Waals surface area contributed by atoms with Gasteiger partial charge < -0.3 is 4.57 Å². The number of nitrogens with zero attached hydrogens (tertiary/aromatic N) is 1. The molecule has 136 valence electrons. The molecule has 0 N–H and O–H groups in total. The molecule has 2 heteroatoms. The Bertz CT molecular complexity index is 617. The molecule has 0 spiro atoms. The molecule has 0 aliphatic heterocycles. The van der Waals surface area contributed by atoms with Crippen LogP contribution in [-0.4, -0.2) is 19.6 Å². The third kappa shape index (κ3) is 4.66. The number of hydrogen-bond acceptors (Lipinski definition) is 1. The first-order chi connectivity index (χ1) is 12.0. The minimum Gasteiger partial charge on any atom is -0.396 e. The Morgan fingerprint density at radius 1 is 1.04 bits per heavy atom. The molecular weight excluding hydrogens is 318 g/mol. The minimum atomic E-state index is -1.17. The van der Waals surface area contributed by atoms with Gasteiger partial charge in [0, 0.05) is 18.2 Å². The van der Waals surface area contributed by atoms with Crippen LogP contribution in [-0.2, 0) is 0 Å². The molecule has 1 unspecified atom stereocenters. The summed E-state index contributed by atoms with van der Waals surface area (Å²) in [6.07, 6.45) is 14.2. The van der Waals surface area contributed by atoms with Crippen LogP contribution in [0.3, 0.4) is 0 Å². The maximum atomic E-state index is 2.94. The Balaban J connectivity index is 1.94. The van der Waals surface area contributed by atoms with Crippen molar-refractivity contribution < 1.29 is 0 Å². The molecule has 25 heavy (non-hydrogen) atoms. The summed E-state index contributed by atoms with van der Waals surface area (Å²) in [6.45, 7) is 9.65. The van der Waals surface area contributed by atoms with Gasteiger partial charge >= 0.3 is 0 Å². The van der Waals surface area contributed by atoms with E-state index in [9.17, 15) is 0 Å². The van der Waals surface area contributed by atoms with E-state index in [1.54, 1.807) is 16.5 Å². The van der Waals surface area contributed by atoms with Gasteiger partial charge in [-0.1, -0.05) is 89.1 Å². The topological polar surface area (TPSA) is 3.24 Å². The van der Waals surface area contributed by atoms with E-state index < -0.39 is 8.96 Å². The van der Waals surface area contributed by atoms with Gasteiger partial charge in [0.25, 0.3) is 0 Å². The molecule has 0 amide bonds. The predicted molar refractivity (Wildman–Crippen MR) is 113 cm³/mol. The zero-order valence-corrected chi connectivity index (χ0v) is 17.7. The van der Waals surface area contributed by atoms with E-state index in [0.29, 0.717) is 5.41 Å². The highest BCUT2D eigenvalue weighted by atomic mass is 28.3. The molecule has 1 aromatic rings. The van der Waals surface area contributed by atoms with Crippen molar-refractivity contribution >= 4 is 14.1 Å². The molecule has 0 heterocycles. The monoisotopic (exact) mass is 353 g/mol. The molecule has 0 aromatic heterocycles. The summed E-state index contributed by atoms with van der Waals surface area (Å²) in [6, 6.07) is 12.1. The minimum absolute atomic E-state index is 0.352. The van der Waals surface area contributed by atoms with E-state index in [2.05, 4.69) is 74.4 Å². The molecule has 1 fully saturated rings. The maximum absolute atomic E-state index is 2.94. The molecule has 0 saturated heterocycles. The maximum Gasteiger partial charge on any atom is 0.168 e. The number of hydrogen-bond donors (Lipinski definition) is 0. The van der Waals surface area contributed by atoms with Crippen molar-refractivity contribution in [2.75, 3.05) is 0 Å².